The van der Waals surface area contributed by atoms with Crippen molar-refractivity contribution >= 4 is 7.05 Å². The quantitative estimate of drug-likeness (QED) is 0.381. The Hall–Kier alpha value is -0.315. The van der Waals surface area contributed by atoms with Crippen molar-refractivity contribution < 1.29 is 10.1 Å². The standard InChI is InChI=1S/C7H14BNO2/c1-8(11)9-6-2-4-7(10)5-3-6/h2,4,6-7,9-11H,3,5H2,1H3/t6-,7+/m0/s1. The second-order valence-corrected chi connectivity index (χ2v) is 2.98. The zero-order valence-corrected chi connectivity index (χ0v) is 6.70. The molecule has 3 N–H and O–H groups in total. The predicted molar refractivity (Wildman–Crippen MR) is 45.1 cm³/mol. The summed E-state index contributed by atoms with van der Waals surface area (Å²) in [5.74, 6) is 0. The van der Waals surface area contributed by atoms with E-state index >= 15 is 0 Å². The third-order valence-electron chi connectivity index (χ3n) is 1.79. The van der Waals surface area contributed by atoms with E-state index in [4.69, 9.17) is 10.1 Å². The summed E-state index contributed by atoms with van der Waals surface area (Å²) >= 11 is 0. The Balaban J connectivity index is 2.32. The van der Waals surface area contributed by atoms with Gasteiger partial charge in [0.25, 0.3) is 0 Å². The molecular weight excluding hydrogens is 141 g/mol. The van der Waals surface area contributed by atoms with Crippen LogP contribution in [-0.2, 0) is 0 Å². The molecule has 0 fully saturated rings. The molecule has 0 saturated carbocycles. The van der Waals surface area contributed by atoms with E-state index in [1.54, 1.807) is 12.9 Å². The normalized spacial score (nSPS) is 30.5. The monoisotopic (exact) mass is 155 g/mol. The van der Waals surface area contributed by atoms with Crippen LogP contribution in [0, 0.1) is 0 Å². The summed E-state index contributed by atoms with van der Waals surface area (Å²) in [6.07, 6.45) is 5.05. The van der Waals surface area contributed by atoms with Gasteiger partial charge >= 0.3 is 7.05 Å². The highest BCUT2D eigenvalue weighted by Gasteiger charge is 2.15. The van der Waals surface area contributed by atoms with Gasteiger partial charge in [0.05, 0.1) is 6.10 Å². The van der Waals surface area contributed by atoms with Crippen LogP contribution in [0.25, 0.3) is 0 Å². The van der Waals surface area contributed by atoms with Crippen molar-refractivity contribution in [2.24, 2.45) is 0 Å². The number of rotatable bonds is 2. The largest absolute Gasteiger partial charge is 0.437 e. The van der Waals surface area contributed by atoms with E-state index < -0.39 is 7.05 Å². The summed E-state index contributed by atoms with van der Waals surface area (Å²) in [5.41, 5.74) is 0. The lowest BCUT2D eigenvalue weighted by molar-refractivity contribution is 0.199. The molecule has 3 nitrogen and oxygen atoms in total. The van der Waals surface area contributed by atoms with Crippen LogP contribution >= 0.6 is 0 Å². The number of aliphatic hydroxyl groups excluding tert-OH is 1. The second kappa shape index (κ2) is 3.90. The smallest absolute Gasteiger partial charge is 0.374 e. The molecule has 11 heavy (non-hydrogen) atoms. The number of hydrogen-bond donors (Lipinski definition) is 3. The minimum Gasteiger partial charge on any atom is -0.437 e. The van der Waals surface area contributed by atoms with Crippen molar-refractivity contribution in [3.8, 4) is 0 Å². The van der Waals surface area contributed by atoms with E-state index in [-0.39, 0.29) is 12.1 Å². The van der Waals surface area contributed by atoms with E-state index in [2.05, 4.69) is 5.23 Å². The molecule has 1 aliphatic rings. The van der Waals surface area contributed by atoms with Gasteiger partial charge in [-0.2, -0.15) is 0 Å². The maximum absolute atomic E-state index is 9.08. The molecule has 0 spiro atoms. The summed E-state index contributed by atoms with van der Waals surface area (Å²) in [4.78, 5) is 0. The molecule has 0 radical (unpaired) electrons. The molecule has 1 aliphatic carbocycles. The van der Waals surface area contributed by atoms with Crippen LogP contribution in [0.2, 0.25) is 6.82 Å². The van der Waals surface area contributed by atoms with Gasteiger partial charge in [0.2, 0.25) is 0 Å². The first-order valence-corrected chi connectivity index (χ1v) is 3.99. The first-order valence-electron chi connectivity index (χ1n) is 3.99. The van der Waals surface area contributed by atoms with Crippen LogP contribution in [0.3, 0.4) is 0 Å². The van der Waals surface area contributed by atoms with Crippen LogP contribution in [0.4, 0.5) is 0 Å². The average Bonchev–Trinajstić information content (AvgIpc) is 1.93. The Labute approximate surface area is 67.3 Å². The van der Waals surface area contributed by atoms with Crippen molar-refractivity contribution in [3.05, 3.63) is 12.2 Å². The highest BCUT2D eigenvalue weighted by molar-refractivity contribution is 6.45. The molecule has 0 bridgehead atoms. The molecule has 0 aromatic heterocycles. The average molecular weight is 155 g/mol. The Morgan fingerprint density at radius 3 is 2.64 bits per heavy atom. The second-order valence-electron chi connectivity index (χ2n) is 2.98. The maximum Gasteiger partial charge on any atom is 0.374 e. The zero-order valence-electron chi connectivity index (χ0n) is 6.70. The van der Waals surface area contributed by atoms with E-state index in [1.807, 2.05) is 6.08 Å². The number of hydrogen-bond acceptors (Lipinski definition) is 3. The van der Waals surface area contributed by atoms with Gasteiger partial charge in [0, 0.05) is 6.04 Å². The lowest BCUT2D eigenvalue weighted by Crippen LogP contribution is -2.40. The Kier molecular flexibility index (Phi) is 3.11. The van der Waals surface area contributed by atoms with Crippen LogP contribution in [0.5, 0.6) is 0 Å². The molecule has 0 saturated heterocycles. The van der Waals surface area contributed by atoms with Gasteiger partial charge in [-0.05, 0) is 19.7 Å². The number of nitrogens with one attached hydrogen (secondary N) is 1. The van der Waals surface area contributed by atoms with E-state index in [1.165, 1.54) is 0 Å². The van der Waals surface area contributed by atoms with Gasteiger partial charge in [0.15, 0.2) is 0 Å². The van der Waals surface area contributed by atoms with Crippen LogP contribution in [0.15, 0.2) is 12.2 Å². The minimum absolute atomic E-state index is 0.221. The van der Waals surface area contributed by atoms with Gasteiger partial charge in [0.1, 0.15) is 0 Å². The van der Waals surface area contributed by atoms with Crippen LogP contribution in [0.1, 0.15) is 12.8 Å². The molecule has 62 valence electrons. The van der Waals surface area contributed by atoms with Crippen molar-refractivity contribution in [2.45, 2.75) is 31.8 Å². The minimum atomic E-state index is -0.472. The highest BCUT2D eigenvalue weighted by Crippen LogP contribution is 2.10. The first-order chi connectivity index (χ1) is 5.18. The van der Waals surface area contributed by atoms with Gasteiger partial charge < -0.3 is 15.4 Å². The Morgan fingerprint density at radius 1 is 1.45 bits per heavy atom. The van der Waals surface area contributed by atoms with E-state index in [9.17, 15) is 0 Å². The Morgan fingerprint density at radius 2 is 2.18 bits per heavy atom. The topological polar surface area (TPSA) is 52.5 Å². The maximum atomic E-state index is 9.08. The summed E-state index contributed by atoms with van der Waals surface area (Å²) in [7, 11) is -0.472. The summed E-state index contributed by atoms with van der Waals surface area (Å²) in [6.45, 7) is 1.69. The molecule has 2 atom stereocenters. The van der Waals surface area contributed by atoms with Crippen LogP contribution in [-0.4, -0.2) is 29.3 Å². The van der Waals surface area contributed by atoms with E-state index in [0.29, 0.717) is 0 Å². The lowest BCUT2D eigenvalue weighted by Gasteiger charge is -2.21. The van der Waals surface area contributed by atoms with Gasteiger partial charge in [-0.3, -0.25) is 0 Å². The van der Waals surface area contributed by atoms with E-state index in [0.717, 1.165) is 12.8 Å². The fraction of sp³-hybridized carbons (Fsp3) is 0.714. The summed E-state index contributed by atoms with van der Waals surface area (Å²) < 4.78 is 0. The third-order valence-corrected chi connectivity index (χ3v) is 1.79. The summed E-state index contributed by atoms with van der Waals surface area (Å²) in [5, 5.41) is 21.0. The van der Waals surface area contributed by atoms with Crippen molar-refractivity contribution in [1.82, 2.24) is 5.23 Å². The molecule has 0 aromatic rings. The fourth-order valence-electron chi connectivity index (χ4n) is 1.25. The van der Waals surface area contributed by atoms with Gasteiger partial charge in [-0.1, -0.05) is 12.2 Å². The molecule has 0 aliphatic heterocycles. The molecular formula is C7H14BNO2. The molecule has 0 amide bonds. The zero-order chi connectivity index (χ0) is 8.27. The molecule has 0 aromatic carbocycles. The third kappa shape index (κ3) is 3.05. The van der Waals surface area contributed by atoms with Gasteiger partial charge in [-0.25, -0.2) is 0 Å². The van der Waals surface area contributed by atoms with Gasteiger partial charge in [-0.15, -0.1) is 0 Å². The molecule has 0 unspecified atom stereocenters. The van der Waals surface area contributed by atoms with Crippen molar-refractivity contribution in [1.29, 1.82) is 0 Å². The SMILES string of the molecule is CB(O)N[C@H]1C=C[C@@H](O)CC1. The molecule has 4 heteroatoms. The lowest BCUT2D eigenvalue weighted by atomic mass is 9.85. The Bertz CT molecular complexity index is 149. The molecule has 0 heterocycles. The highest BCUT2D eigenvalue weighted by atomic mass is 16.3. The number of aliphatic hydroxyl groups is 1. The van der Waals surface area contributed by atoms with Crippen molar-refractivity contribution in [2.75, 3.05) is 0 Å². The first kappa shape index (κ1) is 8.78. The summed E-state index contributed by atoms with van der Waals surface area (Å²) in [6, 6.07) is 0.221. The molecule has 1 rings (SSSR count). The predicted octanol–water partition coefficient (Wildman–Crippen LogP) is -0.234. The fourth-order valence-corrected chi connectivity index (χ4v) is 1.25. The van der Waals surface area contributed by atoms with Crippen LogP contribution < -0.4 is 5.23 Å². The van der Waals surface area contributed by atoms with Crippen molar-refractivity contribution in [3.63, 3.8) is 0 Å².